The molecule has 3 fully saturated rings. The molecule has 0 amide bonds. The Hall–Kier alpha value is -7.44. The number of halogens is 3. The first-order chi connectivity index (χ1) is 61.5. The largest absolute Gasteiger partial charge is 0.466 e. The van der Waals surface area contributed by atoms with Gasteiger partial charge >= 0.3 is 24.1 Å². The van der Waals surface area contributed by atoms with E-state index < -0.39 is 75.6 Å². The zero-order chi connectivity index (χ0) is 104. The number of carbonyl (C=O) groups excluding carboxylic acids is 17. The van der Waals surface area contributed by atoms with Gasteiger partial charge in [0, 0.05) is 146 Å². The lowest BCUT2D eigenvalue weighted by molar-refractivity contribution is -0.151. The highest BCUT2D eigenvalue weighted by Crippen LogP contribution is 2.42. The maximum atomic E-state index is 12.1. The van der Waals surface area contributed by atoms with E-state index in [1.165, 1.54) is 0 Å². The third-order valence-corrected chi connectivity index (χ3v) is 22.1. The Morgan fingerprint density at radius 2 is 0.677 bits per heavy atom. The first-order valence-corrected chi connectivity index (χ1v) is 48.2. The Labute approximate surface area is 794 Å². The first kappa shape index (κ1) is 134. The standard InChI is InChI=1S/C14H18O3.C13H22O3.C13H24O3.C12H22O3.C11H17F3O3.C11H18O3.2C11H20O3.C8H14O2/c1-10(2)14(17)13(8-12(16)9-15)11-6-4-3-5-7-11;1-8(2)13(15)11(10-5-6-10)7-12(14)16-9(3)4;1-8(2)11(13(15)9(3)4)7-12(14)16-10(5)6;1-6-15-11(13)7-10(8(2)3)12(14)9(4)5;1-7(2)10(17)8(5-9(16)6-15)3-4-11(12,13)14;1-7(2)11(14)10(8-3-4-8)5-9(13)6-12;1-7(2)10(5-9(13)6-12)11(14)8(3)4;1-4-5-9(6-10(13)7-12)11(14)8(2)3;1-6(2)8(9)7-4-3-5-10-7/h3-7,10,13,15H,8-9H2,1-2H3;8-11H,5-7H2,1-4H3;8-11H,7H2,1-6H3;8-10H,6-7H2,1-5H3;7-8,15H,3-6H2,1-2H3;7-8,10,12H,3-6H2,1-2H3;7-8,10,12H,5-6H2,1-4H3;8-9,12H,4-7H2,1-3H3;6-7H,3-5H2,1-2H3. The summed E-state index contributed by atoms with van der Waals surface area (Å²) in [5.74, 6) is -3.18. The molecule has 1 aromatic carbocycles. The highest BCUT2D eigenvalue weighted by atomic mass is 19.4. The molecule has 9 atom stereocenters. The van der Waals surface area contributed by atoms with Crippen LogP contribution in [0.15, 0.2) is 30.3 Å². The predicted octanol–water partition coefficient (Wildman–Crippen LogP) is 17.5. The van der Waals surface area contributed by atoms with Gasteiger partial charge in [0.25, 0.3) is 0 Å². The van der Waals surface area contributed by atoms with E-state index in [0.29, 0.717) is 18.4 Å². The van der Waals surface area contributed by atoms with Crippen molar-refractivity contribution in [3.8, 4) is 0 Å². The monoisotopic (exact) mass is 1900 g/mol. The molecule has 9 unspecified atom stereocenters. The number of benzene rings is 1. The number of carbonyl (C=O) groups is 17. The number of Topliss-reactive ketones (excluding diaryl/α,β-unsaturated/α-hetero) is 14. The molecular weight excluding hydrogens is 1720 g/mol. The topological polar surface area (TPSA) is 428 Å². The van der Waals surface area contributed by atoms with Gasteiger partial charge in [-0.1, -0.05) is 210 Å². The molecular formula is C104H175F3O26. The van der Waals surface area contributed by atoms with Crippen molar-refractivity contribution in [1.29, 1.82) is 0 Å². The number of alkyl halides is 3. The molecule has 2 saturated carbocycles. The Morgan fingerprint density at radius 3 is 0.970 bits per heavy atom. The lowest BCUT2D eigenvalue weighted by Gasteiger charge is -2.21. The van der Waals surface area contributed by atoms with Crippen molar-refractivity contribution in [3.05, 3.63) is 35.9 Å². The van der Waals surface area contributed by atoms with Gasteiger partial charge in [-0.25, -0.2) is 0 Å². The molecule has 768 valence electrons. The molecule has 1 aliphatic heterocycles. The lowest BCUT2D eigenvalue weighted by Crippen LogP contribution is -2.28. The van der Waals surface area contributed by atoms with Crippen LogP contribution in [0, 0.1) is 124 Å². The zero-order valence-electron chi connectivity index (χ0n) is 86.4. The number of rotatable bonds is 52. The second kappa shape index (κ2) is 72.9. The van der Waals surface area contributed by atoms with Gasteiger partial charge in [-0.2, -0.15) is 13.2 Å². The lowest BCUT2D eigenvalue weighted by atomic mass is 9.83. The quantitative estimate of drug-likeness (QED) is 0.0299. The number of hydrogen-bond donors (Lipinski definition) is 5. The van der Waals surface area contributed by atoms with Gasteiger partial charge in [0.2, 0.25) is 0 Å². The van der Waals surface area contributed by atoms with Crippen LogP contribution in [-0.2, 0) is 100 Å². The molecule has 1 saturated heterocycles. The maximum Gasteiger partial charge on any atom is 0.389 e. The fourth-order valence-electron chi connectivity index (χ4n) is 14.1. The second-order valence-electron chi connectivity index (χ2n) is 39.3. The third kappa shape index (κ3) is 63.6. The van der Waals surface area contributed by atoms with E-state index in [4.69, 9.17) is 44.5 Å². The van der Waals surface area contributed by atoms with Gasteiger partial charge in [-0.15, -0.1) is 0 Å². The van der Waals surface area contributed by atoms with Crippen LogP contribution < -0.4 is 0 Å². The van der Waals surface area contributed by atoms with E-state index >= 15 is 0 Å². The van der Waals surface area contributed by atoms with Crippen molar-refractivity contribution in [1.82, 2.24) is 0 Å². The summed E-state index contributed by atoms with van der Waals surface area (Å²) in [4.78, 5) is 195. The van der Waals surface area contributed by atoms with Gasteiger partial charge in [-0.3, -0.25) is 81.5 Å². The molecule has 133 heavy (non-hydrogen) atoms. The van der Waals surface area contributed by atoms with Crippen molar-refractivity contribution in [3.63, 3.8) is 0 Å². The van der Waals surface area contributed by atoms with E-state index in [9.17, 15) is 94.7 Å². The molecule has 0 spiro atoms. The zero-order valence-corrected chi connectivity index (χ0v) is 86.4. The summed E-state index contributed by atoms with van der Waals surface area (Å²) in [7, 11) is 0. The van der Waals surface area contributed by atoms with E-state index in [-0.39, 0.29) is 263 Å². The van der Waals surface area contributed by atoms with E-state index in [2.05, 4.69) is 0 Å². The van der Waals surface area contributed by atoms with Crippen LogP contribution in [0.4, 0.5) is 13.2 Å². The summed E-state index contributed by atoms with van der Waals surface area (Å²) in [6.45, 7) is 54.3. The van der Waals surface area contributed by atoms with Crippen LogP contribution in [0.2, 0.25) is 0 Å². The fraction of sp³-hybridized carbons (Fsp3) is 0.779. The third-order valence-electron chi connectivity index (χ3n) is 22.1. The maximum absolute atomic E-state index is 12.1. The van der Waals surface area contributed by atoms with E-state index in [1.54, 1.807) is 20.8 Å². The minimum atomic E-state index is -4.34. The normalized spacial score (nSPS) is 15.2. The smallest absolute Gasteiger partial charge is 0.389 e. The summed E-state index contributed by atoms with van der Waals surface area (Å²) >= 11 is 0. The van der Waals surface area contributed by atoms with Crippen molar-refractivity contribution in [2.45, 2.75) is 354 Å². The van der Waals surface area contributed by atoms with Crippen LogP contribution in [0.1, 0.15) is 335 Å². The van der Waals surface area contributed by atoms with Crippen LogP contribution in [0.3, 0.4) is 0 Å². The van der Waals surface area contributed by atoms with Crippen LogP contribution in [0.25, 0.3) is 0 Å². The summed E-state index contributed by atoms with van der Waals surface area (Å²) < 4.78 is 56.4. The molecule has 0 radical (unpaired) electrons. The number of ether oxygens (including phenoxy) is 4. The van der Waals surface area contributed by atoms with Gasteiger partial charge < -0.3 is 44.5 Å². The number of esters is 3. The summed E-state index contributed by atoms with van der Waals surface area (Å²) in [5, 5.41) is 43.2. The van der Waals surface area contributed by atoms with Crippen LogP contribution in [-0.4, -0.2) is 195 Å². The molecule has 26 nitrogen and oxygen atoms in total. The Balaban J connectivity index is -0.000000463. The number of aliphatic hydroxyl groups is 5. The Bertz CT molecular complexity index is 3500. The van der Waals surface area contributed by atoms with Crippen molar-refractivity contribution >= 4 is 98.9 Å². The molecule has 2 aliphatic carbocycles. The van der Waals surface area contributed by atoms with E-state index in [1.807, 2.05) is 217 Å². The highest BCUT2D eigenvalue weighted by Gasteiger charge is 2.41. The molecule has 3 aliphatic rings. The predicted molar refractivity (Wildman–Crippen MR) is 508 cm³/mol. The molecule has 1 heterocycles. The SMILES string of the molecule is CC(C)C(=O)C(CC(=O)CO)C(C)C.CC(C)C(=O)C(CC(=O)CO)C1CC1.CC(C)C(=O)C(CC(=O)CO)c1ccccc1.CC(C)C(=O)C(CCC(F)(F)F)CC(=O)CO.CC(C)C(=O)C1CCCO1.CC(C)OC(=O)CC(C(=O)C(C)C)C(C)C.CC(C)OC(=O)CC(C(=O)C(C)C)C1CC1.CCCC(CC(=O)CO)C(=O)C(C)C.CCOC(=O)CC(C(=O)C(C)C)C(C)C. The minimum absolute atomic E-state index is 0.00732. The number of hydrogen-bond acceptors (Lipinski definition) is 26. The summed E-state index contributed by atoms with van der Waals surface area (Å²) in [6, 6.07) is 9.25. The van der Waals surface area contributed by atoms with Gasteiger partial charge in [0.1, 0.15) is 85.4 Å². The Kier molecular flexibility index (Phi) is 73.4. The first-order valence-electron chi connectivity index (χ1n) is 48.2. The number of ketones is 14. The molecule has 29 heteroatoms. The average molecular weight is 1900 g/mol. The van der Waals surface area contributed by atoms with Crippen molar-refractivity contribution < 1.29 is 139 Å². The average Bonchev–Trinajstić information content (AvgIpc) is 1.74. The number of aliphatic hydroxyl groups excluding tert-OH is 5. The highest BCUT2D eigenvalue weighted by molar-refractivity contribution is 5.95. The van der Waals surface area contributed by atoms with Crippen molar-refractivity contribution in [2.24, 2.45) is 124 Å². The molecule has 5 N–H and O–H groups in total. The van der Waals surface area contributed by atoms with Crippen LogP contribution in [0.5, 0.6) is 0 Å². The fourth-order valence-corrected chi connectivity index (χ4v) is 14.1. The molecule has 1 aromatic rings. The molecule has 0 bridgehead atoms. The van der Waals surface area contributed by atoms with Gasteiger partial charge in [0.15, 0.2) is 34.7 Å². The molecule has 0 aromatic heterocycles. The van der Waals surface area contributed by atoms with Gasteiger partial charge in [-0.05, 0) is 121 Å². The minimum Gasteiger partial charge on any atom is -0.466 e. The van der Waals surface area contributed by atoms with Crippen molar-refractivity contribution in [2.75, 3.05) is 46.2 Å². The summed E-state index contributed by atoms with van der Waals surface area (Å²) in [5.41, 5.74) is 0.841. The van der Waals surface area contributed by atoms with Crippen LogP contribution >= 0.6 is 0 Å². The summed E-state index contributed by atoms with van der Waals surface area (Å²) in [6.07, 6.45) is 2.81. The van der Waals surface area contributed by atoms with Gasteiger partial charge in [0.05, 0.1) is 38.1 Å². The Morgan fingerprint density at radius 1 is 0.361 bits per heavy atom. The second-order valence-corrected chi connectivity index (χ2v) is 39.3. The molecule has 4 rings (SSSR count). The van der Waals surface area contributed by atoms with E-state index in [0.717, 1.165) is 63.5 Å².